The number of hydrogen-bond acceptors (Lipinski definition) is 5. The van der Waals surface area contributed by atoms with Crippen LogP contribution in [0.25, 0.3) is 0 Å². The Morgan fingerprint density at radius 3 is 2.60 bits per heavy atom. The molecule has 112 valence electrons. The maximum atomic E-state index is 11.9. The number of ether oxygens (including phenoxy) is 2. The molecule has 1 aromatic rings. The lowest BCUT2D eigenvalue weighted by Crippen LogP contribution is -2.49. The van der Waals surface area contributed by atoms with Crippen LogP contribution in [0.3, 0.4) is 0 Å². The molecule has 2 atom stereocenters. The van der Waals surface area contributed by atoms with Crippen molar-refractivity contribution in [3.05, 3.63) is 24.3 Å². The van der Waals surface area contributed by atoms with E-state index in [-0.39, 0.29) is 11.2 Å². The van der Waals surface area contributed by atoms with E-state index >= 15 is 0 Å². The van der Waals surface area contributed by atoms with Gasteiger partial charge in [0.25, 0.3) is 0 Å². The van der Waals surface area contributed by atoms with Crippen LogP contribution in [-0.2, 0) is 9.53 Å². The van der Waals surface area contributed by atoms with Crippen LogP contribution in [0, 0.1) is 0 Å². The molecule has 2 unspecified atom stereocenters. The van der Waals surface area contributed by atoms with Gasteiger partial charge in [-0.1, -0.05) is 19.1 Å². The van der Waals surface area contributed by atoms with Gasteiger partial charge in [0.05, 0.1) is 14.2 Å². The van der Waals surface area contributed by atoms with Gasteiger partial charge in [-0.2, -0.15) is 0 Å². The summed E-state index contributed by atoms with van der Waals surface area (Å²) >= 11 is 1.69. The van der Waals surface area contributed by atoms with E-state index in [1.807, 2.05) is 31.2 Å². The third kappa shape index (κ3) is 4.15. The second kappa shape index (κ2) is 7.55. The van der Waals surface area contributed by atoms with Crippen LogP contribution in [0.5, 0.6) is 5.75 Å². The first-order chi connectivity index (χ1) is 9.46. The Morgan fingerprint density at radius 1 is 1.40 bits per heavy atom. The number of nitrogens with one attached hydrogen (secondary N) is 1. The molecule has 0 radical (unpaired) electrons. The largest absolute Gasteiger partial charge is 0.496 e. The molecule has 0 aliphatic heterocycles. The van der Waals surface area contributed by atoms with E-state index in [9.17, 15) is 4.79 Å². The van der Waals surface area contributed by atoms with Crippen molar-refractivity contribution in [2.24, 2.45) is 0 Å². The lowest BCUT2D eigenvalue weighted by molar-refractivity contribution is -0.147. The van der Waals surface area contributed by atoms with Gasteiger partial charge in [0.2, 0.25) is 0 Å². The van der Waals surface area contributed by atoms with Crippen LogP contribution in [-0.4, -0.2) is 38.0 Å². The van der Waals surface area contributed by atoms with Crippen molar-refractivity contribution in [2.75, 3.05) is 21.3 Å². The summed E-state index contributed by atoms with van der Waals surface area (Å²) in [6, 6.07) is 7.89. The summed E-state index contributed by atoms with van der Waals surface area (Å²) in [7, 11) is 4.85. The van der Waals surface area contributed by atoms with Gasteiger partial charge in [-0.25, -0.2) is 0 Å². The average Bonchev–Trinajstić information content (AvgIpc) is 2.46. The maximum Gasteiger partial charge on any atom is 0.325 e. The summed E-state index contributed by atoms with van der Waals surface area (Å²) in [4.78, 5) is 12.9. The third-order valence-corrected chi connectivity index (χ3v) is 4.44. The van der Waals surface area contributed by atoms with Gasteiger partial charge < -0.3 is 14.8 Å². The fraction of sp³-hybridized carbons (Fsp3) is 0.533. The molecule has 0 aliphatic rings. The standard InChI is InChI=1S/C15H23NO3S/c1-11(10-15(2,16-3)14(17)19-5)20-13-9-7-6-8-12(13)18-4/h6-9,11,16H,10H2,1-5H3. The summed E-state index contributed by atoms with van der Waals surface area (Å²) in [5.74, 6) is 0.612. The van der Waals surface area contributed by atoms with Gasteiger partial charge in [0, 0.05) is 10.1 Å². The van der Waals surface area contributed by atoms with Crippen LogP contribution in [0.1, 0.15) is 20.3 Å². The van der Waals surface area contributed by atoms with Crippen molar-refractivity contribution in [3.8, 4) is 5.75 Å². The van der Waals surface area contributed by atoms with Crippen molar-refractivity contribution < 1.29 is 14.3 Å². The average molecular weight is 297 g/mol. The molecule has 0 fully saturated rings. The number of rotatable bonds is 7. The Bertz CT molecular complexity index is 452. The lowest BCUT2D eigenvalue weighted by Gasteiger charge is -2.29. The Kier molecular flexibility index (Phi) is 6.36. The Morgan fingerprint density at radius 2 is 2.05 bits per heavy atom. The van der Waals surface area contributed by atoms with Crippen molar-refractivity contribution in [3.63, 3.8) is 0 Å². The minimum Gasteiger partial charge on any atom is -0.496 e. The first-order valence-electron chi connectivity index (χ1n) is 6.54. The quantitative estimate of drug-likeness (QED) is 0.619. The summed E-state index contributed by atoms with van der Waals surface area (Å²) in [5.41, 5.74) is -0.677. The first kappa shape index (κ1) is 16.9. The molecule has 0 aromatic heterocycles. The Balaban J connectivity index is 2.76. The molecule has 1 rings (SSSR count). The van der Waals surface area contributed by atoms with E-state index in [0.29, 0.717) is 6.42 Å². The first-order valence-corrected chi connectivity index (χ1v) is 7.41. The van der Waals surface area contributed by atoms with E-state index in [0.717, 1.165) is 10.6 Å². The highest BCUT2D eigenvalue weighted by atomic mass is 32.2. The zero-order valence-corrected chi connectivity index (χ0v) is 13.5. The summed E-state index contributed by atoms with van der Waals surface area (Å²) in [6.07, 6.45) is 0.666. The van der Waals surface area contributed by atoms with Gasteiger partial charge in [-0.3, -0.25) is 4.79 Å². The monoisotopic (exact) mass is 297 g/mol. The zero-order valence-electron chi connectivity index (χ0n) is 12.7. The summed E-state index contributed by atoms with van der Waals surface area (Å²) in [5, 5.41) is 3.29. The van der Waals surface area contributed by atoms with Crippen LogP contribution in [0.2, 0.25) is 0 Å². The van der Waals surface area contributed by atoms with Crippen molar-refractivity contribution in [1.29, 1.82) is 0 Å². The molecular weight excluding hydrogens is 274 g/mol. The summed E-state index contributed by atoms with van der Waals surface area (Å²) < 4.78 is 10.2. The molecule has 5 heteroatoms. The molecule has 20 heavy (non-hydrogen) atoms. The predicted octanol–water partition coefficient (Wildman–Crippen LogP) is 2.72. The van der Waals surface area contributed by atoms with Crippen LogP contribution >= 0.6 is 11.8 Å². The summed E-state index contributed by atoms with van der Waals surface area (Å²) in [6.45, 7) is 3.95. The highest BCUT2D eigenvalue weighted by molar-refractivity contribution is 8.00. The minimum absolute atomic E-state index is 0.239. The number of carbonyl (C=O) groups is 1. The van der Waals surface area contributed by atoms with Gasteiger partial charge in [0.1, 0.15) is 11.3 Å². The molecule has 4 nitrogen and oxygen atoms in total. The minimum atomic E-state index is -0.677. The fourth-order valence-corrected chi connectivity index (χ4v) is 3.34. The van der Waals surface area contributed by atoms with E-state index < -0.39 is 5.54 Å². The van der Waals surface area contributed by atoms with Gasteiger partial charge in [0.15, 0.2) is 0 Å². The molecule has 0 saturated carbocycles. The van der Waals surface area contributed by atoms with Gasteiger partial charge in [-0.05, 0) is 32.5 Å². The van der Waals surface area contributed by atoms with Crippen molar-refractivity contribution in [1.82, 2.24) is 5.32 Å². The van der Waals surface area contributed by atoms with Crippen molar-refractivity contribution in [2.45, 2.75) is 36.0 Å². The predicted molar refractivity (Wildman–Crippen MR) is 82.4 cm³/mol. The number of methoxy groups -OCH3 is 2. The Hall–Kier alpha value is -1.20. The molecular formula is C15H23NO3S. The third-order valence-electron chi connectivity index (χ3n) is 3.28. The molecule has 0 spiro atoms. The number of carbonyl (C=O) groups excluding carboxylic acids is 1. The highest BCUT2D eigenvalue weighted by Crippen LogP contribution is 2.34. The van der Waals surface area contributed by atoms with Crippen molar-refractivity contribution >= 4 is 17.7 Å². The fourth-order valence-electron chi connectivity index (χ4n) is 2.06. The number of likely N-dealkylation sites (N-methyl/N-ethyl adjacent to an activating group) is 1. The van der Waals surface area contributed by atoms with Gasteiger partial charge in [-0.15, -0.1) is 11.8 Å². The lowest BCUT2D eigenvalue weighted by atomic mass is 9.96. The Labute approximate surface area is 125 Å². The topological polar surface area (TPSA) is 47.6 Å². The second-order valence-electron chi connectivity index (χ2n) is 4.86. The van der Waals surface area contributed by atoms with Crippen LogP contribution in [0.15, 0.2) is 29.2 Å². The van der Waals surface area contributed by atoms with Crippen LogP contribution < -0.4 is 10.1 Å². The maximum absolute atomic E-state index is 11.9. The van der Waals surface area contributed by atoms with Gasteiger partial charge >= 0.3 is 5.97 Å². The van der Waals surface area contributed by atoms with E-state index in [1.54, 1.807) is 25.9 Å². The SMILES string of the molecule is CNC(C)(CC(C)Sc1ccccc1OC)C(=O)OC. The molecule has 1 aromatic carbocycles. The molecule has 0 aliphatic carbocycles. The molecule has 0 saturated heterocycles. The number of para-hydroxylation sites is 1. The molecule has 1 N–H and O–H groups in total. The van der Waals surface area contributed by atoms with E-state index in [4.69, 9.17) is 9.47 Å². The molecule has 0 bridgehead atoms. The van der Waals surface area contributed by atoms with E-state index in [2.05, 4.69) is 12.2 Å². The number of hydrogen-bond donors (Lipinski definition) is 1. The molecule has 0 amide bonds. The number of thioether (sulfide) groups is 1. The smallest absolute Gasteiger partial charge is 0.325 e. The normalized spacial score (nSPS) is 15.2. The second-order valence-corrected chi connectivity index (χ2v) is 6.34. The zero-order chi connectivity index (χ0) is 15.2. The highest BCUT2D eigenvalue weighted by Gasteiger charge is 2.34. The number of esters is 1. The van der Waals surface area contributed by atoms with E-state index in [1.165, 1.54) is 7.11 Å². The molecule has 0 heterocycles. The number of benzene rings is 1. The van der Waals surface area contributed by atoms with Crippen LogP contribution in [0.4, 0.5) is 0 Å².